The SMILES string of the molecule is CN1c2ncc(CNc3ccc(C(=O)NC(CCC(=O)O)C(=O)[O-])cc3)nc2C(=O)NC1N.CNC(=N)[N+](C)(C)C. The van der Waals surface area contributed by atoms with E-state index in [0.717, 1.165) is 0 Å². The molecule has 1 aromatic carbocycles. The van der Waals surface area contributed by atoms with E-state index in [9.17, 15) is 24.3 Å². The van der Waals surface area contributed by atoms with Gasteiger partial charge in [0.1, 0.15) is 0 Å². The number of fused-ring (bicyclic) bond motifs is 1. The first kappa shape index (κ1) is 32.4. The van der Waals surface area contributed by atoms with E-state index in [2.05, 4.69) is 31.2 Å². The van der Waals surface area contributed by atoms with Crippen molar-refractivity contribution >= 4 is 41.2 Å². The van der Waals surface area contributed by atoms with Crippen molar-refractivity contribution < 1.29 is 33.9 Å². The minimum absolute atomic E-state index is 0.163. The summed E-state index contributed by atoms with van der Waals surface area (Å²) in [6.45, 7) is 0.247. The summed E-state index contributed by atoms with van der Waals surface area (Å²) in [5.41, 5.74) is 7.28. The lowest BCUT2D eigenvalue weighted by Crippen LogP contribution is -2.57. The van der Waals surface area contributed by atoms with Crippen LogP contribution < -0.4 is 37.0 Å². The molecule has 3 rings (SSSR count). The van der Waals surface area contributed by atoms with E-state index in [0.29, 0.717) is 27.6 Å². The van der Waals surface area contributed by atoms with Crippen molar-refractivity contribution in [3.8, 4) is 0 Å². The molecule has 0 bridgehead atoms. The highest BCUT2D eigenvalue weighted by atomic mass is 16.4. The normalized spacial score (nSPS) is 14.8. The summed E-state index contributed by atoms with van der Waals surface area (Å²) in [4.78, 5) is 56.3. The van der Waals surface area contributed by atoms with Crippen LogP contribution in [0.3, 0.4) is 0 Å². The zero-order valence-electron chi connectivity index (χ0n) is 23.5. The van der Waals surface area contributed by atoms with Gasteiger partial charge in [0, 0.05) is 31.8 Å². The molecular formula is C25H36N10O6. The Morgan fingerprint density at radius 3 is 2.39 bits per heavy atom. The van der Waals surface area contributed by atoms with Gasteiger partial charge in [-0.15, -0.1) is 0 Å². The average Bonchev–Trinajstić information content (AvgIpc) is 2.92. The summed E-state index contributed by atoms with van der Waals surface area (Å²) in [7, 11) is 9.27. The fourth-order valence-corrected chi connectivity index (χ4v) is 3.37. The number of carboxylic acid groups (broad SMARTS) is 2. The minimum atomic E-state index is -1.56. The van der Waals surface area contributed by atoms with Crippen LogP contribution in [0.1, 0.15) is 39.4 Å². The molecule has 2 atom stereocenters. The van der Waals surface area contributed by atoms with Crippen molar-refractivity contribution in [2.24, 2.45) is 5.73 Å². The smallest absolute Gasteiger partial charge is 0.303 e. The van der Waals surface area contributed by atoms with Gasteiger partial charge in [-0.25, -0.2) is 15.4 Å². The van der Waals surface area contributed by atoms with Crippen LogP contribution in [0.2, 0.25) is 0 Å². The van der Waals surface area contributed by atoms with Crippen molar-refractivity contribution in [1.29, 1.82) is 5.41 Å². The van der Waals surface area contributed by atoms with Crippen molar-refractivity contribution in [2.75, 3.05) is 45.5 Å². The number of nitrogens with zero attached hydrogens (tertiary/aromatic N) is 4. The van der Waals surface area contributed by atoms with Gasteiger partial charge in [0.05, 0.1) is 51.6 Å². The van der Waals surface area contributed by atoms with Gasteiger partial charge in [-0.2, -0.15) is 0 Å². The molecule has 16 heteroatoms. The molecule has 0 radical (unpaired) electrons. The number of anilines is 2. The van der Waals surface area contributed by atoms with Crippen molar-refractivity contribution in [3.05, 3.63) is 47.4 Å². The van der Waals surface area contributed by atoms with Gasteiger partial charge in [0.25, 0.3) is 17.8 Å². The van der Waals surface area contributed by atoms with Gasteiger partial charge in [-0.1, -0.05) is 0 Å². The van der Waals surface area contributed by atoms with E-state index < -0.39 is 42.5 Å². The zero-order valence-corrected chi connectivity index (χ0v) is 23.5. The molecule has 1 aliphatic heterocycles. The highest BCUT2D eigenvalue weighted by molar-refractivity contribution is 5.99. The van der Waals surface area contributed by atoms with Crippen LogP contribution in [-0.4, -0.2) is 96.8 Å². The van der Waals surface area contributed by atoms with Crippen LogP contribution in [0.25, 0.3) is 0 Å². The maximum atomic E-state index is 12.3. The molecule has 0 fully saturated rings. The summed E-state index contributed by atoms with van der Waals surface area (Å²) in [6, 6.07) is 4.74. The Morgan fingerprint density at radius 1 is 1.24 bits per heavy atom. The second kappa shape index (κ2) is 14.0. The van der Waals surface area contributed by atoms with E-state index in [1.54, 1.807) is 31.1 Å². The Morgan fingerprint density at radius 2 is 1.88 bits per heavy atom. The fraction of sp³-hybridized carbons (Fsp3) is 0.400. The number of aromatic nitrogens is 2. The van der Waals surface area contributed by atoms with Gasteiger partial charge in [0.15, 0.2) is 17.8 Å². The topological polar surface area (TPSA) is 239 Å². The molecule has 2 heterocycles. The molecule has 0 saturated heterocycles. The first-order valence-electron chi connectivity index (χ1n) is 12.4. The molecule has 16 nitrogen and oxygen atoms in total. The summed E-state index contributed by atoms with van der Waals surface area (Å²) in [5.74, 6) is -2.93. The van der Waals surface area contributed by atoms with E-state index in [-0.39, 0.29) is 24.2 Å². The van der Waals surface area contributed by atoms with Crippen molar-refractivity contribution in [3.63, 3.8) is 0 Å². The number of hydrogen-bond acceptors (Lipinski definition) is 11. The summed E-state index contributed by atoms with van der Waals surface area (Å²) in [6.07, 6.45) is 0.133. The van der Waals surface area contributed by atoms with Crippen molar-refractivity contribution in [2.45, 2.75) is 31.7 Å². The maximum Gasteiger partial charge on any atom is 0.303 e. The average molecular weight is 573 g/mol. The third kappa shape index (κ3) is 9.40. The predicted octanol–water partition coefficient (Wildman–Crippen LogP) is -1.93. The molecule has 41 heavy (non-hydrogen) atoms. The number of carboxylic acids is 2. The monoisotopic (exact) mass is 572 g/mol. The number of quaternary nitrogens is 1. The van der Waals surface area contributed by atoms with E-state index in [1.807, 2.05) is 21.1 Å². The number of nitrogens with one attached hydrogen (secondary N) is 5. The summed E-state index contributed by atoms with van der Waals surface area (Å²) >= 11 is 0. The molecule has 0 saturated carbocycles. The number of amides is 2. The largest absolute Gasteiger partial charge is 0.548 e. The van der Waals surface area contributed by atoms with Gasteiger partial charge in [-0.05, 0) is 30.7 Å². The first-order valence-corrected chi connectivity index (χ1v) is 12.4. The Labute approximate surface area is 237 Å². The molecular weight excluding hydrogens is 536 g/mol. The Bertz CT molecular complexity index is 1280. The van der Waals surface area contributed by atoms with Gasteiger partial charge in [0.2, 0.25) is 0 Å². The lowest BCUT2D eigenvalue weighted by Gasteiger charge is -2.31. The molecule has 0 aliphatic carbocycles. The standard InChI is InChI=1S/C20H23N7O6.C5H14N3/c1-27-16-15(18(31)26-20(27)21)24-12(9-23-16)8-22-11-4-2-10(3-5-11)17(30)25-13(19(32)33)6-7-14(28)29;1-7-5(6)8(2,3)4/h2-5,9,13,20,22H,6-8,21H2,1H3,(H,25,30)(H,26,31)(H,28,29)(H,32,33);1-4H3,(H2,6,7)/q;+1/p-1. The highest BCUT2D eigenvalue weighted by Crippen LogP contribution is 2.20. The number of carbonyl (C=O) groups excluding carboxylic acids is 3. The van der Waals surface area contributed by atoms with Gasteiger partial charge in [-0.3, -0.25) is 24.6 Å². The first-order chi connectivity index (χ1) is 19.1. The summed E-state index contributed by atoms with van der Waals surface area (Å²) < 4.78 is 0.552. The third-order valence-corrected chi connectivity index (χ3v) is 5.81. The lowest BCUT2D eigenvalue weighted by atomic mass is 10.1. The number of guanidine groups is 1. The fourth-order valence-electron chi connectivity index (χ4n) is 3.37. The van der Waals surface area contributed by atoms with E-state index in [4.69, 9.17) is 16.2 Å². The number of nitrogens with two attached hydrogens (primary N) is 1. The zero-order chi connectivity index (χ0) is 30.9. The molecule has 8 N–H and O–H groups in total. The quantitative estimate of drug-likeness (QED) is 0.0988. The molecule has 2 unspecified atom stereocenters. The molecule has 1 aliphatic rings. The van der Waals surface area contributed by atoms with Crippen LogP contribution in [0.5, 0.6) is 0 Å². The third-order valence-electron chi connectivity index (χ3n) is 5.81. The van der Waals surface area contributed by atoms with Crippen LogP contribution in [-0.2, 0) is 16.1 Å². The van der Waals surface area contributed by atoms with Crippen molar-refractivity contribution in [1.82, 2.24) is 25.9 Å². The maximum absolute atomic E-state index is 12.3. The van der Waals surface area contributed by atoms with E-state index in [1.165, 1.54) is 18.3 Å². The number of rotatable bonds is 9. The number of aliphatic carboxylic acids is 2. The van der Waals surface area contributed by atoms with Gasteiger partial charge >= 0.3 is 5.97 Å². The lowest BCUT2D eigenvalue weighted by molar-refractivity contribution is -0.780. The summed E-state index contributed by atoms with van der Waals surface area (Å²) in [5, 5.41) is 37.7. The minimum Gasteiger partial charge on any atom is -0.548 e. The second-order valence-electron chi connectivity index (χ2n) is 9.88. The highest BCUT2D eigenvalue weighted by Gasteiger charge is 2.28. The molecule has 2 amide bonds. The van der Waals surface area contributed by atoms with Crippen LogP contribution >= 0.6 is 0 Å². The molecule has 1 aromatic heterocycles. The van der Waals surface area contributed by atoms with Crippen LogP contribution in [0, 0.1) is 5.41 Å². The Hall–Kier alpha value is -4.83. The predicted molar refractivity (Wildman–Crippen MR) is 148 cm³/mol. The Balaban J connectivity index is 0.000000642. The number of benzene rings is 1. The number of hydrogen-bond donors (Lipinski definition) is 7. The Kier molecular flexibility index (Phi) is 11.1. The second-order valence-corrected chi connectivity index (χ2v) is 9.88. The molecule has 0 spiro atoms. The van der Waals surface area contributed by atoms with Gasteiger partial charge < -0.3 is 41.2 Å². The van der Waals surface area contributed by atoms with E-state index >= 15 is 0 Å². The number of carbonyl (C=O) groups is 4. The van der Waals surface area contributed by atoms with Crippen LogP contribution in [0.4, 0.5) is 11.5 Å². The van der Waals surface area contributed by atoms with Crippen LogP contribution in [0.15, 0.2) is 30.5 Å². The molecule has 222 valence electrons. The molecule has 2 aromatic rings.